The largest absolute Gasteiger partial charge is 0.370 e. The van der Waals surface area contributed by atoms with Gasteiger partial charge in [0, 0.05) is 25.8 Å². The lowest BCUT2D eigenvalue weighted by Crippen LogP contribution is -2.37. The predicted molar refractivity (Wildman–Crippen MR) is 82.2 cm³/mol. The maximum atomic E-state index is 5.99. The van der Waals surface area contributed by atoms with E-state index in [1.54, 1.807) is 12.3 Å². The first kappa shape index (κ1) is 15.9. The summed E-state index contributed by atoms with van der Waals surface area (Å²) in [5, 5.41) is 4.09. The summed E-state index contributed by atoms with van der Waals surface area (Å²) in [6.07, 6.45) is 1.54. The van der Waals surface area contributed by atoms with Crippen LogP contribution in [0, 0.1) is 0 Å². The summed E-state index contributed by atoms with van der Waals surface area (Å²) in [7, 11) is 0. The maximum Gasteiger partial charge on any atom is 0.191 e. The van der Waals surface area contributed by atoms with Crippen molar-refractivity contribution in [3.63, 3.8) is 0 Å². The van der Waals surface area contributed by atoms with E-state index in [0.717, 1.165) is 13.1 Å². The Morgan fingerprint density at radius 3 is 2.68 bits per heavy atom. The number of nitrogens with two attached hydrogens (primary N) is 1. The predicted octanol–water partition coefficient (Wildman–Crippen LogP) is 2.46. The zero-order valence-electron chi connectivity index (χ0n) is 11.2. The highest BCUT2D eigenvalue weighted by Gasteiger charge is 2.03. The molecule has 0 atom stereocenters. The first-order valence-electron chi connectivity index (χ1n) is 6.18. The van der Waals surface area contributed by atoms with E-state index in [4.69, 9.17) is 28.9 Å². The number of guanidine groups is 1. The summed E-state index contributed by atoms with van der Waals surface area (Å²) in [4.78, 5) is 10.4. The zero-order chi connectivity index (χ0) is 14.3. The fraction of sp³-hybridized carbons (Fsp3) is 0.500. The first-order chi connectivity index (χ1) is 9.08. The number of hydrogen-bond acceptors (Lipinski definition) is 3. The van der Waals surface area contributed by atoms with Crippen LogP contribution in [-0.2, 0) is 0 Å². The van der Waals surface area contributed by atoms with Crippen LogP contribution in [0.2, 0.25) is 10.0 Å². The highest BCUT2D eigenvalue weighted by atomic mass is 35.5. The van der Waals surface area contributed by atoms with Crippen LogP contribution in [0.1, 0.15) is 13.8 Å². The van der Waals surface area contributed by atoms with E-state index in [0.29, 0.717) is 34.9 Å². The van der Waals surface area contributed by atoms with Gasteiger partial charge in [-0.15, -0.1) is 0 Å². The van der Waals surface area contributed by atoms with Gasteiger partial charge in [0.1, 0.15) is 5.82 Å². The molecular weight excluding hydrogens is 285 g/mol. The monoisotopic (exact) mass is 303 g/mol. The minimum absolute atomic E-state index is 0.494. The Labute approximate surface area is 123 Å². The van der Waals surface area contributed by atoms with Gasteiger partial charge in [0.05, 0.1) is 16.6 Å². The van der Waals surface area contributed by atoms with Gasteiger partial charge in [0.25, 0.3) is 0 Å². The van der Waals surface area contributed by atoms with Gasteiger partial charge in [-0.2, -0.15) is 0 Å². The Balaban J connectivity index is 2.44. The summed E-state index contributed by atoms with van der Waals surface area (Å²) < 4.78 is 0. The molecule has 0 radical (unpaired) electrons. The van der Waals surface area contributed by atoms with E-state index in [2.05, 4.69) is 15.3 Å². The summed E-state index contributed by atoms with van der Waals surface area (Å²) >= 11 is 11.8. The number of aromatic nitrogens is 1. The number of pyridine rings is 1. The lowest BCUT2D eigenvalue weighted by molar-refractivity contribution is 0.458. The highest BCUT2D eigenvalue weighted by Crippen LogP contribution is 2.21. The van der Waals surface area contributed by atoms with Crippen molar-refractivity contribution in [3.05, 3.63) is 22.3 Å². The lowest BCUT2D eigenvalue weighted by Gasteiger charge is -2.19. The lowest BCUT2D eigenvalue weighted by atomic mass is 10.4. The fourth-order valence-electron chi connectivity index (χ4n) is 1.54. The third-order valence-electron chi connectivity index (χ3n) is 2.57. The number of anilines is 1. The number of rotatable bonds is 6. The molecule has 0 bridgehead atoms. The van der Waals surface area contributed by atoms with Crippen LogP contribution < -0.4 is 11.1 Å². The second kappa shape index (κ2) is 8.07. The summed E-state index contributed by atoms with van der Waals surface area (Å²) in [6.45, 7) is 6.95. The van der Waals surface area contributed by atoms with Gasteiger partial charge in [-0.25, -0.2) is 4.98 Å². The van der Waals surface area contributed by atoms with E-state index < -0.39 is 0 Å². The number of aliphatic imine (C=N–C) groups is 1. The molecule has 0 spiro atoms. The maximum absolute atomic E-state index is 5.99. The number of nitrogens with zero attached hydrogens (tertiary/aromatic N) is 3. The van der Waals surface area contributed by atoms with Crippen molar-refractivity contribution in [1.82, 2.24) is 9.88 Å². The molecule has 19 heavy (non-hydrogen) atoms. The molecule has 5 nitrogen and oxygen atoms in total. The Morgan fingerprint density at radius 1 is 1.42 bits per heavy atom. The quantitative estimate of drug-likeness (QED) is 0.481. The molecule has 7 heteroatoms. The first-order valence-corrected chi connectivity index (χ1v) is 6.93. The molecule has 1 rings (SSSR count). The molecule has 0 aliphatic heterocycles. The van der Waals surface area contributed by atoms with Crippen molar-refractivity contribution in [2.24, 2.45) is 10.7 Å². The fourth-order valence-corrected chi connectivity index (χ4v) is 1.98. The minimum atomic E-state index is 0.494. The molecule has 106 valence electrons. The van der Waals surface area contributed by atoms with E-state index in [-0.39, 0.29) is 0 Å². The third kappa shape index (κ3) is 5.12. The highest BCUT2D eigenvalue weighted by molar-refractivity contribution is 6.35. The summed E-state index contributed by atoms with van der Waals surface area (Å²) in [6, 6.07) is 1.64. The van der Waals surface area contributed by atoms with Gasteiger partial charge in [-0.05, 0) is 19.9 Å². The van der Waals surface area contributed by atoms with Crippen molar-refractivity contribution in [2.75, 3.05) is 31.5 Å². The van der Waals surface area contributed by atoms with Gasteiger partial charge >= 0.3 is 0 Å². The van der Waals surface area contributed by atoms with E-state index in [1.165, 1.54) is 0 Å². The summed E-state index contributed by atoms with van der Waals surface area (Å²) in [5.74, 6) is 1.16. The standard InChI is InChI=1S/C12H19Cl2N5/c1-3-19(4-2)12(15)17-6-5-16-11-10(14)7-9(13)8-18-11/h7-8H,3-6H2,1-2H3,(H2,15,17)(H,16,18). The SMILES string of the molecule is CCN(CC)C(N)=NCCNc1ncc(Cl)cc1Cl. The van der Waals surface area contributed by atoms with Crippen LogP contribution in [0.15, 0.2) is 17.3 Å². The molecule has 0 saturated heterocycles. The van der Waals surface area contributed by atoms with Crippen molar-refractivity contribution in [3.8, 4) is 0 Å². The Morgan fingerprint density at radius 2 is 2.11 bits per heavy atom. The van der Waals surface area contributed by atoms with Gasteiger partial charge in [0.15, 0.2) is 5.96 Å². The molecule has 3 N–H and O–H groups in total. The van der Waals surface area contributed by atoms with E-state index >= 15 is 0 Å². The van der Waals surface area contributed by atoms with Crippen molar-refractivity contribution < 1.29 is 0 Å². The van der Waals surface area contributed by atoms with Gasteiger partial charge in [-0.1, -0.05) is 23.2 Å². The average molecular weight is 304 g/mol. The molecule has 1 heterocycles. The van der Waals surface area contributed by atoms with E-state index in [9.17, 15) is 0 Å². The second-order valence-corrected chi connectivity index (χ2v) is 4.67. The van der Waals surface area contributed by atoms with Crippen molar-refractivity contribution >= 4 is 35.0 Å². The molecule has 0 unspecified atom stereocenters. The molecule has 1 aromatic heterocycles. The van der Waals surface area contributed by atoms with E-state index in [1.807, 2.05) is 18.7 Å². The van der Waals surface area contributed by atoms with Gasteiger partial charge in [0.2, 0.25) is 0 Å². The number of hydrogen-bond donors (Lipinski definition) is 2. The zero-order valence-corrected chi connectivity index (χ0v) is 12.7. The molecule has 0 aliphatic carbocycles. The molecule has 0 fully saturated rings. The average Bonchev–Trinajstić information content (AvgIpc) is 2.38. The van der Waals surface area contributed by atoms with Crippen molar-refractivity contribution in [1.29, 1.82) is 0 Å². The molecular formula is C12H19Cl2N5. The number of halogens is 2. The van der Waals surface area contributed by atoms with Crippen LogP contribution in [-0.4, -0.2) is 42.0 Å². The normalized spacial score (nSPS) is 11.5. The molecule has 0 amide bonds. The number of nitrogens with one attached hydrogen (secondary N) is 1. The Bertz CT molecular complexity index is 432. The van der Waals surface area contributed by atoms with Crippen molar-refractivity contribution in [2.45, 2.75) is 13.8 Å². The third-order valence-corrected chi connectivity index (χ3v) is 3.07. The minimum Gasteiger partial charge on any atom is -0.370 e. The smallest absolute Gasteiger partial charge is 0.191 e. The molecule has 0 saturated carbocycles. The molecule has 0 aliphatic rings. The van der Waals surface area contributed by atoms with Crippen LogP contribution in [0.3, 0.4) is 0 Å². The Hall–Kier alpha value is -1.20. The van der Waals surface area contributed by atoms with Crippen LogP contribution in [0.4, 0.5) is 5.82 Å². The molecule has 1 aromatic rings. The summed E-state index contributed by atoms with van der Waals surface area (Å²) in [5.41, 5.74) is 5.86. The van der Waals surface area contributed by atoms with Crippen LogP contribution in [0.25, 0.3) is 0 Å². The van der Waals surface area contributed by atoms with Crippen LogP contribution >= 0.6 is 23.2 Å². The molecule has 0 aromatic carbocycles. The second-order valence-electron chi connectivity index (χ2n) is 3.82. The topological polar surface area (TPSA) is 66.5 Å². The van der Waals surface area contributed by atoms with Gasteiger partial charge in [-0.3, -0.25) is 4.99 Å². The Kier molecular flexibility index (Phi) is 6.73. The van der Waals surface area contributed by atoms with Gasteiger partial charge < -0.3 is 16.0 Å². The van der Waals surface area contributed by atoms with Crippen LogP contribution in [0.5, 0.6) is 0 Å².